The Labute approximate surface area is 164 Å². The minimum absolute atomic E-state index is 0.769. The Kier molecular flexibility index (Phi) is 4.83. The largest absolute Gasteiger partial charge is 0.268 e. The van der Waals surface area contributed by atoms with E-state index in [-0.39, 0.29) is 0 Å². The SMILES string of the molecule is CC/C(=C(/c1[c]cccc1)c1ccc2c(cnn2C)c1)c1ccccc1Cl. The third-order valence-corrected chi connectivity index (χ3v) is 5.20. The summed E-state index contributed by atoms with van der Waals surface area (Å²) in [7, 11) is 1.96. The van der Waals surface area contributed by atoms with Gasteiger partial charge in [-0.3, -0.25) is 4.68 Å². The van der Waals surface area contributed by atoms with Gasteiger partial charge in [-0.25, -0.2) is 0 Å². The molecule has 1 heterocycles. The number of hydrogen-bond acceptors (Lipinski definition) is 1. The molecule has 0 aliphatic rings. The van der Waals surface area contributed by atoms with Crippen molar-refractivity contribution in [3.8, 4) is 0 Å². The Hall–Kier alpha value is -2.84. The standard InChI is InChI=1S/C24H20ClN2/c1-3-20(21-11-7-8-12-22(21)25)24(17-9-5-4-6-10-17)18-13-14-23-19(15-18)16-26-27(23)2/h4-9,11-16H,3H2,1-2H3/b24-20+. The second kappa shape index (κ2) is 7.42. The number of fused-ring (bicyclic) bond motifs is 1. The first kappa shape index (κ1) is 17.6. The van der Waals surface area contributed by atoms with Gasteiger partial charge in [0.25, 0.3) is 0 Å². The van der Waals surface area contributed by atoms with Crippen LogP contribution in [-0.4, -0.2) is 9.78 Å². The maximum Gasteiger partial charge on any atom is 0.0679 e. The molecule has 1 aromatic heterocycles. The van der Waals surface area contributed by atoms with Gasteiger partial charge < -0.3 is 0 Å². The molecule has 2 nitrogen and oxygen atoms in total. The minimum atomic E-state index is 0.769. The van der Waals surface area contributed by atoms with Crippen molar-refractivity contribution in [2.24, 2.45) is 7.05 Å². The molecule has 4 aromatic rings. The molecular weight excluding hydrogens is 352 g/mol. The molecule has 0 atom stereocenters. The van der Waals surface area contributed by atoms with Gasteiger partial charge in [-0.05, 0) is 58.5 Å². The van der Waals surface area contributed by atoms with Crippen molar-refractivity contribution in [1.82, 2.24) is 9.78 Å². The number of benzene rings is 3. The third-order valence-electron chi connectivity index (χ3n) is 4.87. The van der Waals surface area contributed by atoms with Gasteiger partial charge in [0.05, 0.1) is 11.7 Å². The predicted octanol–water partition coefficient (Wildman–Crippen LogP) is 6.40. The Bertz CT molecular complexity index is 1120. The fourth-order valence-corrected chi connectivity index (χ4v) is 3.82. The molecule has 0 fully saturated rings. The first-order valence-electron chi connectivity index (χ1n) is 9.06. The van der Waals surface area contributed by atoms with Crippen molar-refractivity contribution in [2.75, 3.05) is 0 Å². The Morgan fingerprint density at radius 2 is 1.89 bits per heavy atom. The molecule has 0 N–H and O–H groups in total. The first-order valence-corrected chi connectivity index (χ1v) is 9.44. The zero-order valence-electron chi connectivity index (χ0n) is 15.4. The van der Waals surface area contributed by atoms with E-state index < -0.39 is 0 Å². The van der Waals surface area contributed by atoms with Crippen LogP contribution in [0.4, 0.5) is 0 Å². The highest BCUT2D eigenvalue weighted by molar-refractivity contribution is 6.32. The number of aromatic nitrogens is 2. The van der Waals surface area contributed by atoms with Crippen molar-refractivity contribution < 1.29 is 0 Å². The second-order valence-corrected chi connectivity index (χ2v) is 6.91. The molecule has 0 saturated heterocycles. The van der Waals surface area contributed by atoms with Crippen LogP contribution in [0.5, 0.6) is 0 Å². The topological polar surface area (TPSA) is 17.8 Å². The summed E-state index contributed by atoms with van der Waals surface area (Å²) >= 11 is 6.56. The molecule has 133 valence electrons. The molecular formula is C24H20ClN2. The van der Waals surface area contributed by atoms with E-state index in [4.69, 9.17) is 11.6 Å². The molecule has 3 aromatic carbocycles. The molecule has 0 amide bonds. The zero-order chi connectivity index (χ0) is 18.8. The van der Waals surface area contributed by atoms with E-state index in [2.05, 4.69) is 48.4 Å². The van der Waals surface area contributed by atoms with Crippen molar-refractivity contribution in [3.05, 3.63) is 101 Å². The fourth-order valence-electron chi connectivity index (χ4n) is 3.57. The average Bonchev–Trinajstić information content (AvgIpc) is 3.08. The molecule has 0 spiro atoms. The quantitative estimate of drug-likeness (QED) is 0.380. The van der Waals surface area contributed by atoms with E-state index in [1.807, 2.05) is 54.3 Å². The highest BCUT2D eigenvalue weighted by Crippen LogP contribution is 2.37. The molecule has 0 aliphatic heterocycles. The van der Waals surface area contributed by atoms with Gasteiger partial charge in [0.2, 0.25) is 0 Å². The van der Waals surface area contributed by atoms with Crippen molar-refractivity contribution in [3.63, 3.8) is 0 Å². The highest BCUT2D eigenvalue weighted by atomic mass is 35.5. The van der Waals surface area contributed by atoms with Gasteiger partial charge in [-0.15, -0.1) is 0 Å². The summed E-state index contributed by atoms with van der Waals surface area (Å²) in [6.45, 7) is 2.17. The number of hydrogen-bond donors (Lipinski definition) is 0. The molecule has 0 saturated carbocycles. The van der Waals surface area contributed by atoms with E-state index in [1.54, 1.807) is 0 Å². The number of halogens is 1. The summed E-state index contributed by atoms with van der Waals surface area (Å²) in [5, 5.41) is 6.27. The molecule has 0 bridgehead atoms. The van der Waals surface area contributed by atoms with Gasteiger partial charge >= 0.3 is 0 Å². The minimum Gasteiger partial charge on any atom is -0.268 e. The summed E-state index contributed by atoms with van der Waals surface area (Å²) in [5.74, 6) is 0. The van der Waals surface area contributed by atoms with Gasteiger partial charge in [-0.2, -0.15) is 5.10 Å². The van der Waals surface area contributed by atoms with Crippen LogP contribution in [-0.2, 0) is 7.05 Å². The summed E-state index contributed by atoms with van der Waals surface area (Å²) in [4.78, 5) is 0. The lowest BCUT2D eigenvalue weighted by atomic mass is 9.88. The van der Waals surface area contributed by atoms with Crippen LogP contribution in [0.3, 0.4) is 0 Å². The van der Waals surface area contributed by atoms with Crippen molar-refractivity contribution in [2.45, 2.75) is 13.3 Å². The smallest absolute Gasteiger partial charge is 0.0679 e. The van der Waals surface area contributed by atoms with Crippen LogP contribution in [0.1, 0.15) is 30.0 Å². The summed E-state index contributed by atoms with van der Waals surface area (Å²) in [6, 6.07) is 26.0. The van der Waals surface area contributed by atoms with Crippen LogP contribution in [0, 0.1) is 6.07 Å². The Morgan fingerprint density at radius 1 is 1.07 bits per heavy atom. The highest BCUT2D eigenvalue weighted by Gasteiger charge is 2.15. The Balaban J connectivity index is 2.02. The maximum atomic E-state index is 6.56. The van der Waals surface area contributed by atoms with Crippen LogP contribution >= 0.6 is 11.6 Å². The number of nitrogens with zero attached hydrogens (tertiary/aromatic N) is 2. The van der Waals surface area contributed by atoms with E-state index >= 15 is 0 Å². The molecule has 4 rings (SSSR count). The average molecular weight is 372 g/mol. The van der Waals surface area contributed by atoms with E-state index in [9.17, 15) is 0 Å². The monoisotopic (exact) mass is 371 g/mol. The summed E-state index contributed by atoms with van der Waals surface area (Å²) in [6.07, 6.45) is 2.78. The van der Waals surface area contributed by atoms with Crippen molar-refractivity contribution >= 4 is 33.7 Å². The van der Waals surface area contributed by atoms with Gasteiger partial charge in [0, 0.05) is 17.5 Å². The summed E-state index contributed by atoms with van der Waals surface area (Å²) in [5.41, 5.74) is 6.78. The molecule has 1 radical (unpaired) electrons. The lowest BCUT2D eigenvalue weighted by molar-refractivity contribution is 0.797. The molecule has 0 aliphatic carbocycles. The summed E-state index contributed by atoms with van der Waals surface area (Å²) < 4.78 is 1.89. The van der Waals surface area contributed by atoms with Crippen molar-refractivity contribution in [1.29, 1.82) is 0 Å². The second-order valence-electron chi connectivity index (χ2n) is 6.50. The van der Waals surface area contributed by atoms with Gasteiger partial charge in [-0.1, -0.05) is 67.1 Å². The lowest BCUT2D eigenvalue weighted by Gasteiger charge is -2.17. The number of rotatable bonds is 4. The molecule has 27 heavy (non-hydrogen) atoms. The maximum absolute atomic E-state index is 6.56. The van der Waals surface area contributed by atoms with Crippen LogP contribution < -0.4 is 0 Å². The van der Waals surface area contributed by atoms with Gasteiger partial charge in [0.15, 0.2) is 0 Å². The molecule has 0 unspecified atom stereocenters. The van der Waals surface area contributed by atoms with E-state index in [0.717, 1.165) is 44.6 Å². The number of aryl methyl sites for hydroxylation is 1. The first-order chi connectivity index (χ1) is 13.2. The fraction of sp³-hybridized carbons (Fsp3) is 0.125. The molecule has 3 heteroatoms. The van der Waals surface area contributed by atoms with E-state index in [0.29, 0.717) is 0 Å². The predicted molar refractivity (Wildman–Crippen MR) is 114 cm³/mol. The lowest BCUT2D eigenvalue weighted by Crippen LogP contribution is -1.96. The van der Waals surface area contributed by atoms with Crippen LogP contribution in [0.15, 0.2) is 72.9 Å². The number of allylic oxidation sites excluding steroid dienone is 1. The normalized spacial score (nSPS) is 12.3. The van der Waals surface area contributed by atoms with Crippen LogP contribution in [0.2, 0.25) is 5.02 Å². The Morgan fingerprint density at radius 3 is 2.63 bits per heavy atom. The third kappa shape index (κ3) is 3.29. The zero-order valence-corrected chi connectivity index (χ0v) is 16.2. The van der Waals surface area contributed by atoms with E-state index in [1.165, 1.54) is 5.57 Å². The van der Waals surface area contributed by atoms with Gasteiger partial charge in [0.1, 0.15) is 0 Å². The van der Waals surface area contributed by atoms with Crippen LogP contribution in [0.25, 0.3) is 22.0 Å².